The van der Waals surface area contributed by atoms with Gasteiger partial charge in [-0.25, -0.2) is 4.79 Å². The molecule has 1 saturated heterocycles. The van der Waals surface area contributed by atoms with Gasteiger partial charge in [-0.3, -0.25) is 4.99 Å². The maximum atomic E-state index is 12.3. The van der Waals surface area contributed by atoms with E-state index in [1.807, 2.05) is 27.7 Å². The van der Waals surface area contributed by atoms with Crippen molar-refractivity contribution in [2.75, 3.05) is 26.2 Å². The van der Waals surface area contributed by atoms with E-state index in [1.54, 1.807) is 4.90 Å². The zero-order valence-corrected chi connectivity index (χ0v) is 16.8. The lowest BCUT2D eigenvalue weighted by molar-refractivity contribution is 0.0193. The first-order chi connectivity index (χ1) is 12.3. The van der Waals surface area contributed by atoms with Crippen LogP contribution in [0.2, 0.25) is 0 Å². The Balaban J connectivity index is 1.89. The van der Waals surface area contributed by atoms with Crippen LogP contribution in [0.3, 0.4) is 0 Å². The lowest BCUT2D eigenvalue weighted by atomic mass is 10.1. The first-order valence-corrected chi connectivity index (χ1v) is 9.99. The van der Waals surface area contributed by atoms with E-state index in [0.717, 1.165) is 51.2 Å². The molecule has 1 aliphatic carbocycles. The van der Waals surface area contributed by atoms with Gasteiger partial charge in [-0.15, -0.1) is 0 Å². The number of aliphatic hydroxyl groups excluding tert-OH is 1. The van der Waals surface area contributed by atoms with E-state index in [0.29, 0.717) is 13.1 Å². The molecule has 1 amide bonds. The van der Waals surface area contributed by atoms with Crippen molar-refractivity contribution in [1.29, 1.82) is 0 Å². The number of rotatable bonds is 4. The molecule has 3 unspecified atom stereocenters. The summed E-state index contributed by atoms with van der Waals surface area (Å²) in [4.78, 5) is 18.8. The summed E-state index contributed by atoms with van der Waals surface area (Å²) in [5, 5.41) is 16.7. The number of nitrogens with one attached hydrogen (secondary N) is 2. The molecule has 7 nitrogen and oxygen atoms in total. The molecule has 26 heavy (non-hydrogen) atoms. The first kappa shape index (κ1) is 20.8. The Morgan fingerprint density at radius 2 is 2.04 bits per heavy atom. The molecule has 0 aromatic carbocycles. The Hall–Kier alpha value is -1.50. The van der Waals surface area contributed by atoms with Gasteiger partial charge in [-0.05, 0) is 53.4 Å². The van der Waals surface area contributed by atoms with Crippen molar-refractivity contribution in [3.05, 3.63) is 0 Å². The Kier molecular flexibility index (Phi) is 7.55. The summed E-state index contributed by atoms with van der Waals surface area (Å²) < 4.78 is 5.49. The maximum Gasteiger partial charge on any atom is 0.410 e. The van der Waals surface area contributed by atoms with E-state index < -0.39 is 5.60 Å². The number of guanidine groups is 1. The Labute approximate surface area is 157 Å². The van der Waals surface area contributed by atoms with E-state index in [9.17, 15) is 9.90 Å². The summed E-state index contributed by atoms with van der Waals surface area (Å²) in [5.41, 5.74) is -0.476. The SMILES string of the molecule is CCNC(=NCC1CCCC1O)NC1CCCN(C(=O)OC(C)(C)C)C1. The Bertz CT molecular complexity index is 490. The normalized spacial score (nSPS) is 27.3. The minimum Gasteiger partial charge on any atom is -0.444 e. The minimum atomic E-state index is -0.476. The third-order valence-corrected chi connectivity index (χ3v) is 4.86. The Morgan fingerprint density at radius 1 is 1.27 bits per heavy atom. The number of carbonyl (C=O) groups excluding carboxylic acids is 1. The molecule has 1 heterocycles. The number of amides is 1. The highest BCUT2D eigenvalue weighted by Crippen LogP contribution is 2.25. The van der Waals surface area contributed by atoms with E-state index >= 15 is 0 Å². The highest BCUT2D eigenvalue weighted by Gasteiger charge is 2.28. The third kappa shape index (κ3) is 6.67. The number of carbonyl (C=O) groups is 1. The van der Waals surface area contributed by atoms with Crippen LogP contribution in [0, 0.1) is 5.92 Å². The fraction of sp³-hybridized carbons (Fsp3) is 0.895. The topological polar surface area (TPSA) is 86.2 Å². The number of aliphatic hydroxyl groups is 1. The van der Waals surface area contributed by atoms with E-state index in [4.69, 9.17) is 4.74 Å². The van der Waals surface area contributed by atoms with E-state index in [1.165, 1.54) is 0 Å². The van der Waals surface area contributed by atoms with Crippen molar-refractivity contribution in [3.8, 4) is 0 Å². The molecule has 1 aliphatic heterocycles. The number of likely N-dealkylation sites (tertiary alicyclic amines) is 1. The molecule has 2 fully saturated rings. The third-order valence-electron chi connectivity index (χ3n) is 4.86. The van der Waals surface area contributed by atoms with Crippen molar-refractivity contribution in [1.82, 2.24) is 15.5 Å². The van der Waals surface area contributed by atoms with Crippen LogP contribution in [0.1, 0.15) is 59.8 Å². The molecular formula is C19H36N4O3. The van der Waals surface area contributed by atoms with Gasteiger partial charge in [0.2, 0.25) is 0 Å². The quantitative estimate of drug-likeness (QED) is 0.523. The van der Waals surface area contributed by atoms with Gasteiger partial charge in [-0.2, -0.15) is 0 Å². The largest absolute Gasteiger partial charge is 0.444 e. The number of hydrogen-bond acceptors (Lipinski definition) is 4. The second-order valence-electron chi connectivity index (χ2n) is 8.39. The lowest BCUT2D eigenvalue weighted by Crippen LogP contribution is -2.53. The van der Waals surface area contributed by atoms with Crippen LogP contribution >= 0.6 is 0 Å². The van der Waals surface area contributed by atoms with Crippen LogP contribution in [0.15, 0.2) is 4.99 Å². The summed E-state index contributed by atoms with van der Waals surface area (Å²) >= 11 is 0. The molecular weight excluding hydrogens is 332 g/mol. The van der Waals surface area contributed by atoms with Crippen molar-refractivity contribution >= 4 is 12.1 Å². The van der Waals surface area contributed by atoms with Crippen molar-refractivity contribution in [2.45, 2.75) is 77.5 Å². The van der Waals surface area contributed by atoms with Gasteiger partial charge in [0.1, 0.15) is 5.60 Å². The molecule has 2 aliphatic rings. The first-order valence-electron chi connectivity index (χ1n) is 9.99. The molecule has 150 valence electrons. The predicted octanol–water partition coefficient (Wildman–Crippen LogP) is 2.10. The van der Waals surface area contributed by atoms with Crippen LogP contribution in [0.4, 0.5) is 4.79 Å². The van der Waals surface area contributed by atoms with E-state index in [2.05, 4.69) is 15.6 Å². The second kappa shape index (κ2) is 9.44. The molecule has 7 heteroatoms. The number of hydrogen-bond donors (Lipinski definition) is 3. The van der Waals surface area contributed by atoms with Gasteiger partial charge >= 0.3 is 6.09 Å². The predicted molar refractivity (Wildman–Crippen MR) is 103 cm³/mol. The van der Waals surface area contributed by atoms with Crippen molar-refractivity contribution < 1.29 is 14.6 Å². The highest BCUT2D eigenvalue weighted by molar-refractivity contribution is 5.80. The average Bonchev–Trinajstić information content (AvgIpc) is 2.97. The molecule has 0 aromatic heterocycles. The van der Waals surface area contributed by atoms with Gasteiger partial charge in [0.15, 0.2) is 5.96 Å². The zero-order valence-electron chi connectivity index (χ0n) is 16.8. The number of ether oxygens (including phenoxy) is 1. The number of aliphatic imine (C=N–C) groups is 1. The fourth-order valence-corrected chi connectivity index (χ4v) is 3.54. The molecule has 3 N–H and O–H groups in total. The highest BCUT2D eigenvalue weighted by atomic mass is 16.6. The van der Waals surface area contributed by atoms with Gasteiger partial charge in [0.05, 0.1) is 6.10 Å². The molecule has 2 rings (SSSR count). The molecule has 1 saturated carbocycles. The monoisotopic (exact) mass is 368 g/mol. The van der Waals surface area contributed by atoms with Crippen molar-refractivity contribution in [2.24, 2.45) is 10.9 Å². The minimum absolute atomic E-state index is 0.155. The smallest absolute Gasteiger partial charge is 0.410 e. The van der Waals surface area contributed by atoms with Crippen LogP contribution in [-0.2, 0) is 4.74 Å². The molecule has 3 atom stereocenters. The van der Waals surface area contributed by atoms with Gasteiger partial charge < -0.3 is 25.4 Å². The fourth-order valence-electron chi connectivity index (χ4n) is 3.54. The van der Waals surface area contributed by atoms with Crippen LogP contribution in [-0.4, -0.2) is 66.0 Å². The Morgan fingerprint density at radius 3 is 2.65 bits per heavy atom. The molecule has 0 radical (unpaired) electrons. The maximum absolute atomic E-state index is 12.3. The zero-order chi connectivity index (χ0) is 19.2. The summed E-state index contributed by atoms with van der Waals surface area (Å²) in [6.45, 7) is 10.5. The van der Waals surface area contributed by atoms with Gasteiger partial charge in [-0.1, -0.05) is 6.42 Å². The van der Waals surface area contributed by atoms with Crippen LogP contribution in [0.5, 0.6) is 0 Å². The summed E-state index contributed by atoms with van der Waals surface area (Å²) in [7, 11) is 0. The lowest BCUT2D eigenvalue weighted by Gasteiger charge is -2.35. The van der Waals surface area contributed by atoms with Crippen LogP contribution in [0.25, 0.3) is 0 Å². The number of piperidine rings is 1. The second-order valence-corrected chi connectivity index (χ2v) is 8.39. The summed E-state index contributed by atoms with van der Waals surface area (Å²) in [6.07, 6.45) is 4.48. The molecule has 0 bridgehead atoms. The molecule has 0 spiro atoms. The standard InChI is InChI=1S/C19H36N4O3/c1-5-20-17(21-12-14-8-6-10-16(14)24)22-15-9-7-11-23(13-15)18(25)26-19(2,3)4/h14-16,24H,5-13H2,1-4H3,(H2,20,21,22). The average molecular weight is 369 g/mol. The molecule has 0 aromatic rings. The van der Waals surface area contributed by atoms with Gasteiger partial charge in [0.25, 0.3) is 0 Å². The number of nitrogens with zero attached hydrogens (tertiary/aromatic N) is 2. The van der Waals surface area contributed by atoms with Crippen molar-refractivity contribution in [3.63, 3.8) is 0 Å². The van der Waals surface area contributed by atoms with Crippen LogP contribution < -0.4 is 10.6 Å². The summed E-state index contributed by atoms with van der Waals surface area (Å²) in [5.74, 6) is 1.03. The summed E-state index contributed by atoms with van der Waals surface area (Å²) in [6, 6.07) is 0.155. The van der Waals surface area contributed by atoms with E-state index in [-0.39, 0.29) is 24.2 Å². The van der Waals surface area contributed by atoms with Gasteiger partial charge in [0, 0.05) is 38.1 Å².